The summed E-state index contributed by atoms with van der Waals surface area (Å²) in [7, 11) is 0. The van der Waals surface area contributed by atoms with Crippen LogP contribution in [0.1, 0.15) is 45.7 Å². The topological polar surface area (TPSA) is 37.4 Å². The van der Waals surface area contributed by atoms with Gasteiger partial charge in [0.15, 0.2) is 0 Å². The minimum absolute atomic E-state index is 0.226. The van der Waals surface area contributed by atoms with E-state index in [-0.39, 0.29) is 17.9 Å². The van der Waals surface area contributed by atoms with Gasteiger partial charge in [0.1, 0.15) is 0 Å². The third-order valence-corrected chi connectivity index (χ3v) is 3.86. The Balaban J connectivity index is 2.05. The van der Waals surface area contributed by atoms with Crippen LogP contribution in [0.25, 0.3) is 0 Å². The van der Waals surface area contributed by atoms with Crippen LogP contribution in [0.3, 0.4) is 0 Å². The van der Waals surface area contributed by atoms with Crippen LogP contribution >= 0.6 is 0 Å². The molecule has 1 unspecified atom stereocenters. The first kappa shape index (κ1) is 14.3. The summed E-state index contributed by atoms with van der Waals surface area (Å²) in [6.07, 6.45) is 0.565. The van der Waals surface area contributed by atoms with E-state index < -0.39 is 0 Å². The lowest BCUT2D eigenvalue weighted by atomic mass is 9.98. The van der Waals surface area contributed by atoms with Gasteiger partial charge in [-0.05, 0) is 31.0 Å². The van der Waals surface area contributed by atoms with Crippen LogP contribution in [0.4, 0.5) is 0 Å². The first-order chi connectivity index (χ1) is 10.6. The second-order valence-electron chi connectivity index (χ2n) is 5.61. The number of carbonyl (C=O) groups is 2. The van der Waals surface area contributed by atoms with E-state index in [2.05, 4.69) is 6.58 Å². The molecule has 1 atom stereocenters. The molecule has 0 saturated heterocycles. The molecule has 0 fully saturated rings. The van der Waals surface area contributed by atoms with Gasteiger partial charge in [-0.2, -0.15) is 0 Å². The number of fused-ring (bicyclic) bond motifs is 1. The summed E-state index contributed by atoms with van der Waals surface area (Å²) in [4.78, 5) is 26.7. The third kappa shape index (κ3) is 2.35. The van der Waals surface area contributed by atoms with Crippen molar-refractivity contribution in [3.63, 3.8) is 0 Å². The average Bonchev–Trinajstić information content (AvgIpc) is 2.78. The second-order valence-corrected chi connectivity index (χ2v) is 5.61. The maximum atomic E-state index is 12.7. The fourth-order valence-electron chi connectivity index (χ4n) is 2.85. The molecule has 1 heterocycles. The molecule has 2 aromatic rings. The SMILES string of the molecule is C=C(C)CC(c1ccccc1)N1C(=O)c2ccccc2C1=O. The zero-order chi connectivity index (χ0) is 15.7. The van der Waals surface area contributed by atoms with Crippen LogP contribution in [0.5, 0.6) is 0 Å². The summed E-state index contributed by atoms with van der Waals surface area (Å²) in [5, 5.41) is 0. The molecule has 110 valence electrons. The molecule has 0 aromatic heterocycles. The summed E-state index contributed by atoms with van der Waals surface area (Å²) in [6, 6.07) is 16.3. The maximum Gasteiger partial charge on any atom is 0.262 e. The average molecular weight is 291 g/mol. The first-order valence-electron chi connectivity index (χ1n) is 7.26. The predicted molar refractivity (Wildman–Crippen MR) is 85.6 cm³/mol. The van der Waals surface area contributed by atoms with E-state index in [0.29, 0.717) is 17.5 Å². The Morgan fingerprint density at radius 1 is 0.955 bits per heavy atom. The smallest absolute Gasteiger partial charge is 0.262 e. The van der Waals surface area contributed by atoms with E-state index in [9.17, 15) is 9.59 Å². The van der Waals surface area contributed by atoms with Gasteiger partial charge in [-0.3, -0.25) is 14.5 Å². The molecule has 0 N–H and O–H groups in total. The Bertz CT molecular complexity index is 714. The Labute approximate surface area is 129 Å². The fourth-order valence-corrected chi connectivity index (χ4v) is 2.85. The highest BCUT2D eigenvalue weighted by molar-refractivity contribution is 6.21. The summed E-state index contributed by atoms with van der Waals surface area (Å²) in [5.41, 5.74) is 2.84. The number of benzene rings is 2. The number of hydrogen-bond acceptors (Lipinski definition) is 2. The molecule has 0 saturated carbocycles. The van der Waals surface area contributed by atoms with Gasteiger partial charge in [0.05, 0.1) is 17.2 Å². The van der Waals surface area contributed by atoms with E-state index in [1.807, 2.05) is 37.3 Å². The normalized spacial score (nSPS) is 14.9. The van der Waals surface area contributed by atoms with Gasteiger partial charge in [-0.25, -0.2) is 0 Å². The molecule has 1 aliphatic rings. The Morgan fingerprint density at radius 2 is 1.45 bits per heavy atom. The predicted octanol–water partition coefficient (Wildman–Crippen LogP) is 3.99. The maximum absolute atomic E-state index is 12.7. The minimum Gasteiger partial charge on any atom is -0.269 e. The lowest BCUT2D eigenvalue weighted by molar-refractivity contribution is 0.0581. The molecule has 22 heavy (non-hydrogen) atoms. The van der Waals surface area contributed by atoms with Crippen molar-refractivity contribution in [2.75, 3.05) is 0 Å². The molecular weight excluding hydrogens is 274 g/mol. The van der Waals surface area contributed by atoms with Crippen LogP contribution < -0.4 is 0 Å². The number of carbonyl (C=O) groups excluding carboxylic acids is 2. The van der Waals surface area contributed by atoms with Gasteiger partial charge in [-0.15, -0.1) is 6.58 Å². The van der Waals surface area contributed by atoms with Gasteiger partial charge in [0.25, 0.3) is 11.8 Å². The molecule has 3 heteroatoms. The molecule has 3 nitrogen and oxygen atoms in total. The highest BCUT2D eigenvalue weighted by atomic mass is 16.2. The molecule has 1 aliphatic heterocycles. The second kappa shape index (κ2) is 5.60. The standard InChI is InChI=1S/C19H17NO2/c1-13(2)12-17(14-8-4-3-5-9-14)20-18(21)15-10-6-7-11-16(15)19(20)22/h3-11,17H,1,12H2,2H3. The van der Waals surface area contributed by atoms with Crippen molar-refractivity contribution in [1.82, 2.24) is 4.90 Å². The quantitative estimate of drug-likeness (QED) is 0.631. The molecule has 3 rings (SSSR count). The summed E-state index contributed by atoms with van der Waals surface area (Å²) >= 11 is 0. The third-order valence-electron chi connectivity index (χ3n) is 3.86. The van der Waals surface area contributed by atoms with E-state index in [4.69, 9.17) is 0 Å². The van der Waals surface area contributed by atoms with Crippen molar-refractivity contribution in [1.29, 1.82) is 0 Å². The van der Waals surface area contributed by atoms with E-state index >= 15 is 0 Å². The lowest BCUT2D eigenvalue weighted by Gasteiger charge is -2.27. The largest absolute Gasteiger partial charge is 0.269 e. The molecule has 0 aliphatic carbocycles. The molecular formula is C19H17NO2. The van der Waals surface area contributed by atoms with Crippen LogP contribution in [0.2, 0.25) is 0 Å². The van der Waals surface area contributed by atoms with Crippen molar-refractivity contribution >= 4 is 11.8 Å². The number of hydrogen-bond donors (Lipinski definition) is 0. The Morgan fingerprint density at radius 3 is 1.95 bits per heavy atom. The number of imide groups is 1. The van der Waals surface area contributed by atoms with Crippen molar-refractivity contribution < 1.29 is 9.59 Å². The zero-order valence-corrected chi connectivity index (χ0v) is 12.5. The summed E-state index contributed by atoms with van der Waals surface area (Å²) in [5.74, 6) is -0.452. The van der Waals surface area contributed by atoms with Crippen LogP contribution in [0.15, 0.2) is 66.7 Å². The van der Waals surface area contributed by atoms with E-state index in [1.54, 1.807) is 24.3 Å². The highest BCUT2D eigenvalue weighted by Crippen LogP contribution is 2.34. The molecule has 0 radical (unpaired) electrons. The lowest BCUT2D eigenvalue weighted by Crippen LogP contribution is -2.34. The number of nitrogens with zero attached hydrogens (tertiary/aromatic N) is 1. The molecule has 2 aromatic carbocycles. The van der Waals surface area contributed by atoms with Crippen molar-refractivity contribution in [2.24, 2.45) is 0 Å². The number of rotatable bonds is 4. The molecule has 2 amide bonds. The van der Waals surface area contributed by atoms with Crippen molar-refractivity contribution in [3.8, 4) is 0 Å². The van der Waals surface area contributed by atoms with Crippen LogP contribution in [0, 0.1) is 0 Å². The van der Waals surface area contributed by atoms with Crippen LogP contribution in [-0.2, 0) is 0 Å². The highest BCUT2D eigenvalue weighted by Gasteiger charge is 2.40. The van der Waals surface area contributed by atoms with Gasteiger partial charge >= 0.3 is 0 Å². The monoisotopic (exact) mass is 291 g/mol. The van der Waals surface area contributed by atoms with Gasteiger partial charge in [-0.1, -0.05) is 48.0 Å². The first-order valence-corrected chi connectivity index (χ1v) is 7.26. The van der Waals surface area contributed by atoms with Crippen molar-refractivity contribution in [3.05, 3.63) is 83.4 Å². The van der Waals surface area contributed by atoms with Gasteiger partial charge in [0.2, 0.25) is 0 Å². The van der Waals surface area contributed by atoms with Crippen LogP contribution in [-0.4, -0.2) is 16.7 Å². The molecule has 0 bridgehead atoms. The van der Waals surface area contributed by atoms with E-state index in [1.165, 1.54) is 4.90 Å². The zero-order valence-electron chi connectivity index (χ0n) is 12.5. The number of amides is 2. The summed E-state index contributed by atoms with van der Waals surface area (Å²) in [6.45, 7) is 5.85. The van der Waals surface area contributed by atoms with Gasteiger partial charge in [0, 0.05) is 0 Å². The van der Waals surface area contributed by atoms with Crippen molar-refractivity contribution in [2.45, 2.75) is 19.4 Å². The molecule has 0 spiro atoms. The Kier molecular flexibility index (Phi) is 3.63. The van der Waals surface area contributed by atoms with Gasteiger partial charge < -0.3 is 0 Å². The Hall–Kier alpha value is -2.68. The fraction of sp³-hybridized carbons (Fsp3) is 0.158. The van der Waals surface area contributed by atoms with E-state index in [0.717, 1.165) is 11.1 Å². The summed E-state index contributed by atoms with van der Waals surface area (Å²) < 4.78 is 0. The minimum atomic E-state index is -0.314.